The van der Waals surface area contributed by atoms with Gasteiger partial charge in [-0.25, -0.2) is 13.1 Å². The highest BCUT2D eigenvalue weighted by Crippen LogP contribution is 2.25. The number of hydrogen-bond donors (Lipinski definition) is 2. The molecule has 1 fully saturated rings. The predicted octanol–water partition coefficient (Wildman–Crippen LogP) is 1.81. The second kappa shape index (κ2) is 6.14. The van der Waals surface area contributed by atoms with Crippen molar-refractivity contribution < 1.29 is 8.42 Å². The summed E-state index contributed by atoms with van der Waals surface area (Å²) in [5.74, 6) is 0. The van der Waals surface area contributed by atoms with E-state index in [4.69, 9.17) is 11.0 Å². The van der Waals surface area contributed by atoms with Crippen LogP contribution in [0.25, 0.3) is 0 Å². The monoisotopic (exact) mass is 307 g/mol. The van der Waals surface area contributed by atoms with Gasteiger partial charge in [-0.2, -0.15) is 5.26 Å². The van der Waals surface area contributed by atoms with Gasteiger partial charge < -0.3 is 5.73 Å². The van der Waals surface area contributed by atoms with Crippen molar-refractivity contribution in [2.75, 3.05) is 6.54 Å². The summed E-state index contributed by atoms with van der Waals surface area (Å²) in [6.45, 7) is 1.98. The van der Waals surface area contributed by atoms with E-state index in [2.05, 4.69) is 4.72 Å². The van der Waals surface area contributed by atoms with Gasteiger partial charge >= 0.3 is 0 Å². The molecule has 0 spiro atoms. The van der Waals surface area contributed by atoms with Gasteiger partial charge in [0.25, 0.3) is 0 Å². The second-order valence-electron chi connectivity index (χ2n) is 5.84. The third-order valence-electron chi connectivity index (χ3n) is 4.09. The molecule has 0 saturated heterocycles. The fourth-order valence-electron chi connectivity index (χ4n) is 2.68. The number of hydrogen-bond acceptors (Lipinski definition) is 4. The number of benzene rings is 1. The predicted molar refractivity (Wildman–Crippen MR) is 81.1 cm³/mol. The summed E-state index contributed by atoms with van der Waals surface area (Å²) >= 11 is 0. The Balaban J connectivity index is 2.11. The largest absolute Gasteiger partial charge is 0.324 e. The molecule has 1 aromatic rings. The number of nitrogens with zero attached hydrogens (tertiary/aromatic N) is 1. The van der Waals surface area contributed by atoms with Crippen LogP contribution in [0.2, 0.25) is 0 Å². The number of rotatable bonds is 4. The topological polar surface area (TPSA) is 96.0 Å². The summed E-state index contributed by atoms with van der Waals surface area (Å²) < 4.78 is 27.3. The Morgan fingerprint density at radius 1 is 1.33 bits per heavy atom. The van der Waals surface area contributed by atoms with Crippen LogP contribution in [0.5, 0.6) is 0 Å². The molecule has 0 aliphatic heterocycles. The molecular formula is C15H21N3O2S. The molecule has 0 atom stereocenters. The number of nitrogens with one attached hydrogen (secondary N) is 1. The first kappa shape index (κ1) is 16.0. The summed E-state index contributed by atoms with van der Waals surface area (Å²) in [7, 11) is -3.58. The molecule has 1 aliphatic carbocycles. The van der Waals surface area contributed by atoms with Gasteiger partial charge in [-0.15, -0.1) is 0 Å². The Bertz CT molecular complexity index is 656. The highest BCUT2D eigenvalue weighted by Gasteiger charge is 2.29. The van der Waals surface area contributed by atoms with Gasteiger partial charge in [0.2, 0.25) is 10.0 Å². The summed E-state index contributed by atoms with van der Waals surface area (Å²) in [5, 5.41) is 8.89. The molecule has 1 aromatic carbocycles. The van der Waals surface area contributed by atoms with Crippen molar-refractivity contribution in [2.24, 2.45) is 5.73 Å². The maximum atomic E-state index is 12.3. The normalized spacial score (nSPS) is 18.1. The van der Waals surface area contributed by atoms with Crippen LogP contribution in [0.15, 0.2) is 23.1 Å². The van der Waals surface area contributed by atoms with E-state index in [9.17, 15) is 8.42 Å². The minimum atomic E-state index is -3.58. The van der Waals surface area contributed by atoms with Crippen LogP contribution < -0.4 is 10.5 Å². The van der Waals surface area contributed by atoms with Crippen molar-refractivity contribution in [3.63, 3.8) is 0 Å². The van der Waals surface area contributed by atoms with Crippen LogP contribution in [0.3, 0.4) is 0 Å². The summed E-state index contributed by atoms with van der Waals surface area (Å²) in [6.07, 6.45) is 4.97. The Labute approximate surface area is 126 Å². The molecule has 3 N–H and O–H groups in total. The maximum Gasteiger partial charge on any atom is 0.240 e. The Kier molecular flexibility index (Phi) is 4.67. The number of nitrogens with two attached hydrogens (primary N) is 1. The molecule has 5 nitrogen and oxygen atoms in total. The molecule has 0 unspecified atom stereocenters. The van der Waals surface area contributed by atoms with Crippen molar-refractivity contribution in [2.45, 2.75) is 49.5 Å². The number of aryl methyl sites for hydroxylation is 1. The van der Waals surface area contributed by atoms with Crippen LogP contribution >= 0.6 is 0 Å². The smallest absolute Gasteiger partial charge is 0.240 e. The number of nitriles is 1. The summed E-state index contributed by atoms with van der Waals surface area (Å²) in [5.41, 5.74) is 6.95. The van der Waals surface area contributed by atoms with Gasteiger partial charge in [0.1, 0.15) is 0 Å². The van der Waals surface area contributed by atoms with Gasteiger partial charge in [-0.1, -0.05) is 19.3 Å². The molecule has 0 heterocycles. The van der Waals surface area contributed by atoms with Gasteiger partial charge in [0, 0.05) is 12.1 Å². The van der Waals surface area contributed by atoms with Crippen LogP contribution in [-0.4, -0.2) is 20.5 Å². The summed E-state index contributed by atoms with van der Waals surface area (Å²) in [6, 6.07) is 6.53. The van der Waals surface area contributed by atoms with Gasteiger partial charge in [-0.3, -0.25) is 0 Å². The molecule has 0 radical (unpaired) electrons. The van der Waals surface area contributed by atoms with Crippen molar-refractivity contribution in [1.29, 1.82) is 5.26 Å². The zero-order valence-corrected chi connectivity index (χ0v) is 13.0. The first-order valence-corrected chi connectivity index (χ1v) is 8.64. The lowest BCUT2D eigenvalue weighted by molar-refractivity contribution is 0.296. The van der Waals surface area contributed by atoms with Crippen LogP contribution in [0.1, 0.15) is 43.2 Å². The third kappa shape index (κ3) is 3.82. The molecule has 21 heavy (non-hydrogen) atoms. The lowest BCUT2D eigenvalue weighted by atomic mass is 9.83. The van der Waals surface area contributed by atoms with E-state index in [1.165, 1.54) is 24.6 Å². The zero-order chi connectivity index (χ0) is 15.5. The first-order valence-electron chi connectivity index (χ1n) is 7.16. The molecule has 6 heteroatoms. The molecule has 114 valence electrons. The van der Waals surface area contributed by atoms with Crippen LogP contribution in [-0.2, 0) is 10.0 Å². The third-order valence-corrected chi connectivity index (χ3v) is 5.49. The molecule has 0 amide bonds. The lowest BCUT2D eigenvalue weighted by Crippen LogP contribution is -2.51. The average molecular weight is 307 g/mol. The Hall–Kier alpha value is -1.42. The van der Waals surface area contributed by atoms with Gasteiger partial charge in [0.15, 0.2) is 0 Å². The van der Waals surface area contributed by atoms with Crippen molar-refractivity contribution >= 4 is 10.0 Å². The highest BCUT2D eigenvalue weighted by molar-refractivity contribution is 7.89. The van der Waals surface area contributed by atoms with E-state index in [0.717, 1.165) is 25.7 Å². The number of sulfonamides is 1. The van der Waals surface area contributed by atoms with Crippen LogP contribution in [0.4, 0.5) is 0 Å². The fourth-order valence-corrected chi connectivity index (χ4v) is 3.91. The van der Waals surface area contributed by atoms with Crippen molar-refractivity contribution in [1.82, 2.24) is 4.72 Å². The molecule has 0 aromatic heterocycles. The molecule has 0 bridgehead atoms. The molecular weight excluding hydrogens is 286 g/mol. The van der Waals surface area contributed by atoms with E-state index < -0.39 is 15.6 Å². The minimum Gasteiger partial charge on any atom is -0.324 e. The fraction of sp³-hybridized carbons (Fsp3) is 0.533. The SMILES string of the molecule is Cc1cc(S(=O)(=O)NCC2(N)CCCCC2)ccc1C#N. The molecule has 1 saturated carbocycles. The van der Waals surface area contributed by atoms with Crippen molar-refractivity contribution in [3.05, 3.63) is 29.3 Å². The van der Waals surface area contributed by atoms with E-state index in [-0.39, 0.29) is 11.4 Å². The Morgan fingerprint density at radius 3 is 2.57 bits per heavy atom. The minimum absolute atomic E-state index is 0.179. The van der Waals surface area contributed by atoms with E-state index in [0.29, 0.717) is 11.1 Å². The Morgan fingerprint density at radius 2 is 2.00 bits per heavy atom. The second-order valence-corrected chi connectivity index (χ2v) is 7.60. The highest BCUT2D eigenvalue weighted by atomic mass is 32.2. The quantitative estimate of drug-likeness (QED) is 0.886. The first-order chi connectivity index (χ1) is 9.86. The lowest BCUT2D eigenvalue weighted by Gasteiger charge is -2.33. The molecule has 2 rings (SSSR count). The average Bonchev–Trinajstić information content (AvgIpc) is 2.46. The van der Waals surface area contributed by atoms with E-state index >= 15 is 0 Å². The standard InChI is InChI=1S/C15H21N3O2S/c1-12-9-14(6-5-13(12)10-16)21(19,20)18-11-15(17)7-3-2-4-8-15/h5-6,9,18H,2-4,7-8,11,17H2,1H3. The van der Waals surface area contributed by atoms with E-state index in [1.54, 1.807) is 6.92 Å². The maximum absolute atomic E-state index is 12.3. The van der Waals surface area contributed by atoms with Gasteiger partial charge in [-0.05, 0) is 43.5 Å². The van der Waals surface area contributed by atoms with Crippen LogP contribution in [0, 0.1) is 18.3 Å². The van der Waals surface area contributed by atoms with Crippen molar-refractivity contribution in [3.8, 4) is 6.07 Å². The van der Waals surface area contributed by atoms with Gasteiger partial charge in [0.05, 0.1) is 16.5 Å². The zero-order valence-electron chi connectivity index (χ0n) is 12.2. The summed E-state index contributed by atoms with van der Waals surface area (Å²) in [4.78, 5) is 0.179. The van der Waals surface area contributed by atoms with E-state index in [1.807, 2.05) is 6.07 Å². The molecule has 1 aliphatic rings.